The molecular weight excluding hydrogens is 377 g/mol. The Morgan fingerprint density at radius 2 is 2.04 bits per heavy atom. The van der Waals surface area contributed by atoms with Crippen LogP contribution in [0.1, 0.15) is 30.5 Å². The van der Waals surface area contributed by atoms with Crippen LogP contribution in [0.4, 0.5) is 4.39 Å². The molecule has 0 radical (unpaired) electrons. The van der Waals surface area contributed by atoms with Gasteiger partial charge in [-0.1, -0.05) is 30.8 Å². The lowest BCUT2D eigenvalue weighted by Gasteiger charge is -2.33. The van der Waals surface area contributed by atoms with Crippen molar-refractivity contribution >= 4 is 17.7 Å². The van der Waals surface area contributed by atoms with Crippen LogP contribution in [0.25, 0.3) is 0 Å². The first-order valence-corrected chi connectivity index (χ1v) is 10.3. The van der Waals surface area contributed by atoms with Crippen molar-refractivity contribution in [1.82, 2.24) is 25.7 Å². The van der Waals surface area contributed by atoms with Crippen molar-refractivity contribution in [1.29, 1.82) is 0 Å². The summed E-state index contributed by atoms with van der Waals surface area (Å²) in [7, 11) is 0. The van der Waals surface area contributed by atoms with Crippen molar-refractivity contribution in [3.8, 4) is 0 Å². The van der Waals surface area contributed by atoms with Gasteiger partial charge in [-0.05, 0) is 37.1 Å². The number of fused-ring (bicyclic) bond motifs is 1. The number of hydrazine groups is 1. The van der Waals surface area contributed by atoms with Crippen molar-refractivity contribution < 1.29 is 9.18 Å². The van der Waals surface area contributed by atoms with E-state index in [1.165, 1.54) is 23.9 Å². The smallest absolute Gasteiger partial charge is 0.264 e. The van der Waals surface area contributed by atoms with E-state index in [0.717, 1.165) is 23.4 Å². The number of amides is 1. The summed E-state index contributed by atoms with van der Waals surface area (Å²) in [4.78, 5) is 21.3. The molecule has 2 aliphatic rings. The number of carbonyl (C=O) groups excluding carboxylic acids is 1. The highest BCUT2D eigenvalue weighted by molar-refractivity contribution is 7.99. The number of carbonyl (C=O) groups is 1. The molecule has 146 valence electrons. The van der Waals surface area contributed by atoms with Crippen LogP contribution < -0.4 is 10.7 Å². The van der Waals surface area contributed by atoms with Crippen LogP contribution in [0.2, 0.25) is 0 Å². The summed E-state index contributed by atoms with van der Waals surface area (Å²) in [6.07, 6.45) is 3.98. The van der Waals surface area contributed by atoms with Gasteiger partial charge in [0, 0.05) is 41.4 Å². The summed E-state index contributed by atoms with van der Waals surface area (Å²) in [6, 6.07) is 8.48. The third kappa shape index (κ3) is 3.74. The van der Waals surface area contributed by atoms with Crippen LogP contribution in [0.3, 0.4) is 0 Å². The van der Waals surface area contributed by atoms with Crippen LogP contribution in [-0.2, 0) is 4.79 Å². The summed E-state index contributed by atoms with van der Waals surface area (Å²) >= 11 is 1.49. The molecule has 1 saturated heterocycles. The van der Waals surface area contributed by atoms with Crippen LogP contribution in [0.5, 0.6) is 0 Å². The number of hydrogen-bond acceptors (Lipinski definition) is 6. The number of benzene rings is 1. The average molecular weight is 399 g/mol. The van der Waals surface area contributed by atoms with Crippen molar-refractivity contribution in [2.45, 2.75) is 43.6 Å². The zero-order chi connectivity index (χ0) is 19.7. The normalized spacial score (nSPS) is 24.0. The minimum atomic E-state index is -0.262. The summed E-state index contributed by atoms with van der Waals surface area (Å²) < 4.78 is 13.4. The predicted molar refractivity (Wildman–Crippen MR) is 106 cm³/mol. The molecule has 1 fully saturated rings. The predicted octanol–water partition coefficient (Wildman–Crippen LogP) is 2.74. The number of halogens is 1. The highest BCUT2D eigenvalue weighted by Crippen LogP contribution is 2.35. The standard InChI is InChI=1S/C20H22FN5OS/c1-3-16-18(13-4-6-14(21)7-5-13)19-24-15(10-17(27)26(19)25-16)11-28-20-22-9-8-12(2)23-20/h4-10,16,18-19,24-25H,3,11H2,1-2H3. The molecule has 1 aromatic heterocycles. The van der Waals surface area contributed by atoms with Gasteiger partial charge in [0.2, 0.25) is 0 Å². The average Bonchev–Trinajstić information content (AvgIpc) is 3.06. The fourth-order valence-corrected chi connectivity index (χ4v) is 4.49. The first-order chi connectivity index (χ1) is 13.5. The molecule has 0 spiro atoms. The largest absolute Gasteiger partial charge is 0.366 e. The maximum absolute atomic E-state index is 13.4. The zero-order valence-electron chi connectivity index (χ0n) is 15.7. The maximum atomic E-state index is 13.4. The fraction of sp³-hybridized carbons (Fsp3) is 0.350. The SMILES string of the molecule is CCC1NN2C(=O)C=C(CSc3nccc(C)n3)NC2C1c1ccc(F)cc1. The van der Waals surface area contributed by atoms with Gasteiger partial charge in [0.05, 0.1) is 0 Å². The van der Waals surface area contributed by atoms with Gasteiger partial charge in [0.15, 0.2) is 5.16 Å². The van der Waals surface area contributed by atoms with E-state index in [2.05, 4.69) is 27.6 Å². The van der Waals surface area contributed by atoms with Crippen molar-refractivity contribution in [3.05, 3.63) is 65.4 Å². The molecule has 28 heavy (non-hydrogen) atoms. The quantitative estimate of drug-likeness (QED) is 0.595. The first kappa shape index (κ1) is 18.9. The highest BCUT2D eigenvalue weighted by Gasteiger charge is 2.45. The number of hydrogen-bond donors (Lipinski definition) is 2. The summed E-state index contributed by atoms with van der Waals surface area (Å²) in [5.41, 5.74) is 6.06. The van der Waals surface area contributed by atoms with Gasteiger partial charge in [0.1, 0.15) is 12.0 Å². The molecule has 3 unspecified atom stereocenters. The Hall–Kier alpha value is -2.45. The second-order valence-electron chi connectivity index (χ2n) is 6.96. The molecule has 3 atom stereocenters. The third-order valence-electron chi connectivity index (χ3n) is 5.05. The molecule has 3 heterocycles. The highest BCUT2D eigenvalue weighted by atomic mass is 32.2. The Balaban J connectivity index is 1.54. The summed E-state index contributed by atoms with van der Waals surface area (Å²) in [5.74, 6) is 0.264. The second kappa shape index (κ2) is 7.89. The lowest BCUT2D eigenvalue weighted by Crippen LogP contribution is -2.53. The van der Waals surface area contributed by atoms with Crippen LogP contribution in [0.15, 0.2) is 53.5 Å². The van der Waals surface area contributed by atoms with Crippen molar-refractivity contribution in [2.75, 3.05) is 5.75 Å². The lowest BCUT2D eigenvalue weighted by atomic mass is 9.88. The second-order valence-corrected chi connectivity index (χ2v) is 7.90. The number of rotatable bonds is 5. The van der Waals surface area contributed by atoms with E-state index in [1.807, 2.05) is 13.0 Å². The lowest BCUT2D eigenvalue weighted by molar-refractivity contribution is -0.131. The number of nitrogens with one attached hydrogen (secondary N) is 2. The monoisotopic (exact) mass is 399 g/mol. The minimum Gasteiger partial charge on any atom is -0.366 e. The molecule has 2 N–H and O–H groups in total. The number of thioether (sulfide) groups is 1. The van der Waals surface area contributed by atoms with E-state index in [4.69, 9.17) is 0 Å². The van der Waals surface area contributed by atoms with Gasteiger partial charge < -0.3 is 5.32 Å². The molecule has 8 heteroatoms. The van der Waals surface area contributed by atoms with Crippen molar-refractivity contribution in [3.63, 3.8) is 0 Å². The van der Waals surface area contributed by atoms with Gasteiger partial charge in [-0.3, -0.25) is 9.80 Å². The van der Waals surface area contributed by atoms with E-state index in [9.17, 15) is 9.18 Å². The number of aryl methyl sites for hydroxylation is 1. The van der Waals surface area contributed by atoms with E-state index in [1.54, 1.807) is 29.4 Å². The molecule has 6 nitrogen and oxygen atoms in total. The van der Waals surface area contributed by atoms with Gasteiger partial charge in [0.25, 0.3) is 5.91 Å². The Morgan fingerprint density at radius 1 is 1.25 bits per heavy atom. The Labute approximate surface area is 167 Å². The van der Waals surface area contributed by atoms with Gasteiger partial charge in [-0.2, -0.15) is 0 Å². The van der Waals surface area contributed by atoms with E-state index in [-0.39, 0.29) is 29.8 Å². The molecule has 2 aromatic rings. The molecule has 1 aromatic carbocycles. The van der Waals surface area contributed by atoms with Gasteiger partial charge >= 0.3 is 0 Å². The fourth-order valence-electron chi connectivity index (χ4n) is 3.69. The number of nitrogens with zero attached hydrogens (tertiary/aromatic N) is 3. The Kier molecular flexibility index (Phi) is 5.32. The van der Waals surface area contributed by atoms with Crippen molar-refractivity contribution in [2.24, 2.45) is 0 Å². The molecule has 0 saturated carbocycles. The van der Waals surface area contributed by atoms with Gasteiger partial charge in [-0.25, -0.2) is 19.8 Å². The first-order valence-electron chi connectivity index (χ1n) is 9.29. The van der Waals surface area contributed by atoms with Crippen LogP contribution >= 0.6 is 11.8 Å². The van der Waals surface area contributed by atoms with E-state index >= 15 is 0 Å². The molecule has 1 amide bonds. The van der Waals surface area contributed by atoms with E-state index < -0.39 is 0 Å². The summed E-state index contributed by atoms with van der Waals surface area (Å²) in [5, 5.41) is 5.83. The minimum absolute atomic E-state index is 0.0264. The Bertz CT molecular complexity index is 904. The zero-order valence-corrected chi connectivity index (χ0v) is 16.5. The molecule has 0 bridgehead atoms. The molecular formula is C20H22FN5OS. The van der Waals surface area contributed by atoms with Crippen LogP contribution in [-0.4, -0.2) is 38.8 Å². The summed E-state index contributed by atoms with van der Waals surface area (Å²) in [6.45, 7) is 4.00. The molecule has 4 rings (SSSR count). The molecule has 0 aliphatic carbocycles. The van der Waals surface area contributed by atoms with E-state index in [0.29, 0.717) is 10.9 Å². The topological polar surface area (TPSA) is 70.2 Å². The Morgan fingerprint density at radius 3 is 2.75 bits per heavy atom. The number of aromatic nitrogens is 2. The molecule has 2 aliphatic heterocycles. The maximum Gasteiger partial charge on any atom is 0.264 e. The van der Waals surface area contributed by atoms with Gasteiger partial charge in [-0.15, -0.1) is 0 Å². The van der Waals surface area contributed by atoms with Crippen LogP contribution in [0, 0.1) is 12.7 Å². The third-order valence-corrected chi connectivity index (χ3v) is 5.96.